The maximum atomic E-state index is 13.4. The van der Waals surface area contributed by atoms with Gasteiger partial charge in [0.2, 0.25) is 5.91 Å². The molecule has 0 radical (unpaired) electrons. The van der Waals surface area contributed by atoms with Crippen LogP contribution in [0.4, 0.5) is 9.18 Å². The van der Waals surface area contributed by atoms with E-state index in [2.05, 4.69) is 10.6 Å². The molecule has 0 heterocycles. The van der Waals surface area contributed by atoms with Crippen LogP contribution in [0.2, 0.25) is 0 Å². The molecule has 0 unspecified atom stereocenters. The Labute approximate surface area is 130 Å². The van der Waals surface area contributed by atoms with Crippen LogP contribution in [0.3, 0.4) is 0 Å². The van der Waals surface area contributed by atoms with Gasteiger partial charge in [-0.2, -0.15) is 0 Å². The molecule has 0 spiro atoms. The summed E-state index contributed by atoms with van der Waals surface area (Å²) in [7, 11) is 0. The van der Waals surface area contributed by atoms with Crippen molar-refractivity contribution in [1.82, 2.24) is 10.6 Å². The van der Waals surface area contributed by atoms with Crippen LogP contribution in [0.15, 0.2) is 24.3 Å². The largest absolute Gasteiger partial charge is 0.444 e. The molecule has 122 valence electrons. The summed E-state index contributed by atoms with van der Waals surface area (Å²) in [4.78, 5) is 23.0. The lowest BCUT2D eigenvalue weighted by Crippen LogP contribution is -2.35. The molecule has 0 fully saturated rings. The summed E-state index contributed by atoms with van der Waals surface area (Å²) in [6, 6.07) is 6.46. The van der Waals surface area contributed by atoms with Crippen molar-refractivity contribution in [2.75, 3.05) is 13.1 Å². The third-order valence-electron chi connectivity index (χ3n) is 2.69. The predicted molar refractivity (Wildman–Crippen MR) is 82.0 cm³/mol. The molecule has 22 heavy (non-hydrogen) atoms. The highest BCUT2D eigenvalue weighted by atomic mass is 19.1. The molecule has 0 atom stereocenters. The summed E-state index contributed by atoms with van der Waals surface area (Å²) >= 11 is 0. The van der Waals surface area contributed by atoms with Gasteiger partial charge in [0.25, 0.3) is 0 Å². The molecular formula is C16H23FN2O3. The van der Waals surface area contributed by atoms with Crippen molar-refractivity contribution in [3.63, 3.8) is 0 Å². The minimum absolute atomic E-state index is 0.149. The molecule has 0 aliphatic heterocycles. The van der Waals surface area contributed by atoms with Crippen LogP contribution in [0.25, 0.3) is 0 Å². The fourth-order valence-electron chi connectivity index (χ4n) is 1.72. The second kappa shape index (κ2) is 8.36. The molecule has 1 aromatic carbocycles. The lowest BCUT2D eigenvalue weighted by molar-refractivity contribution is -0.120. The number of hydrogen-bond acceptors (Lipinski definition) is 3. The third-order valence-corrected chi connectivity index (χ3v) is 2.69. The standard InChI is InChI=1S/C16H23FN2O3/c1-16(2,3)22-15(21)19-11-9-14(20)18-10-8-12-6-4-5-7-13(12)17/h4-7H,8-11H2,1-3H3,(H,18,20)(H,19,21). The average Bonchev–Trinajstić information content (AvgIpc) is 2.39. The Balaban J connectivity index is 2.17. The Bertz CT molecular complexity index is 512. The molecule has 1 rings (SSSR count). The monoisotopic (exact) mass is 310 g/mol. The molecule has 2 amide bonds. The van der Waals surface area contributed by atoms with Crippen LogP contribution in [0, 0.1) is 5.82 Å². The highest BCUT2D eigenvalue weighted by molar-refractivity contribution is 5.77. The number of amides is 2. The number of carbonyl (C=O) groups is 2. The number of halogens is 1. The van der Waals surface area contributed by atoms with Gasteiger partial charge in [0.1, 0.15) is 11.4 Å². The van der Waals surface area contributed by atoms with Crippen LogP contribution in [-0.2, 0) is 16.0 Å². The van der Waals surface area contributed by atoms with E-state index in [1.54, 1.807) is 39.0 Å². The number of rotatable bonds is 6. The second-order valence-electron chi connectivity index (χ2n) is 5.87. The lowest BCUT2D eigenvalue weighted by Gasteiger charge is -2.19. The Morgan fingerprint density at radius 2 is 1.82 bits per heavy atom. The molecular weight excluding hydrogens is 287 g/mol. The fraction of sp³-hybridized carbons (Fsp3) is 0.500. The topological polar surface area (TPSA) is 67.4 Å². The van der Waals surface area contributed by atoms with Gasteiger partial charge in [-0.1, -0.05) is 18.2 Å². The summed E-state index contributed by atoms with van der Waals surface area (Å²) in [5, 5.41) is 5.19. The predicted octanol–water partition coefficient (Wildman–Crippen LogP) is 2.40. The average molecular weight is 310 g/mol. The molecule has 2 N–H and O–H groups in total. The van der Waals surface area contributed by atoms with E-state index in [1.165, 1.54) is 6.07 Å². The van der Waals surface area contributed by atoms with Gasteiger partial charge in [0, 0.05) is 19.5 Å². The number of nitrogens with one attached hydrogen (secondary N) is 2. The Kier molecular flexibility index (Phi) is 6.82. The van der Waals surface area contributed by atoms with Crippen molar-refractivity contribution < 1.29 is 18.7 Å². The van der Waals surface area contributed by atoms with Gasteiger partial charge < -0.3 is 15.4 Å². The van der Waals surface area contributed by atoms with Crippen LogP contribution in [0.1, 0.15) is 32.8 Å². The highest BCUT2D eigenvalue weighted by Crippen LogP contribution is 2.07. The number of benzene rings is 1. The van der Waals surface area contributed by atoms with Crippen molar-refractivity contribution in [3.8, 4) is 0 Å². The quantitative estimate of drug-likeness (QED) is 0.848. The molecule has 0 aliphatic carbocycles. The maximum absolute atomic E-state index is 13.4. The van der Waals surface area contributed by atoms with Gasteiger partial charge in [-0.3, -0.25) is 4.79 Å². The van der Waals surface area contributed by atoms with Gasteiger partial charge in [-0.25, -0.2) is 9.18 Å². The van der Waals surface area contributed by atoms with Crippen LogP contribution in [0.5, 0.6) is 0 Å². The summed E-state index contributed by atoms with van der Waals surface area (Å²) in [6.07, 6.45) is 0.0284. The van der Waals surface area contributed by atoms with Crippen molar-refractivity contribution in [1.29, 1.82) is 0 Å². The van der Waals surface area contributed by atoms with E-state index in [0.717, 1.165) is 0 Å². The first-order chi connectivity index (χ1) is 10.3. The van der Waals surface area contributed by atoms with Gasteiger partial charge in [-0.15, -0.1) is 0 Å². The molecule has 0 saturated heterocycles. The number of hydrogen-bond donors (Lipinski definition) is 2. The summed E-state index contributed by atoms with van der Waals surface area (Å²) in [5.74, 6) is -0.476. The fourth-order valence-corrected chi connectivity index (χ4v) is 1.72. The Hall–Kier alpha value is -2.11. The van der Waals surface area contributed by atoms with Gasteiger partial charge in [0.15, 0.2) is 0 Å². The Morgan fingerprint density at radius 1 is 1.14 bits per heavy atom. The van der Waals surface area contributed by atoms with Crippen molar-refractivity contribution >= 4 is 12.0 Å². The molecule has 0 bridgehead atoms. The van der Waals surface area contributed by atoms with Crippen molar-refractivity contribution in [2.24, 2.45) is 0 Å². The Morgan fingerprint density at radius 3 is 2.45 bits per heavy atom. The SMILES string of the molecule is CC(C)(C)OC(=O)NCCC(=O)NCCc1ccccc1F. The zero-order chi connectivity index (χ0) is 16.6. The maximum Gasteiger partial charge on any atom is 0.407 e. The number of carbonyl (C=O) groups excluding carboxylic acids is 2. The lowest BCUT2D eigenvalue weighted by atomic mass is 10.1. The van der Waals surface area contributed by atoms with Crippen LogP contribution < -0.4 is 10.6 Å². The van der Waals surface area contributed by atoms with Crippen molar-refractivity contribution in [3.05, 3.63) is 35.6 Å². The summed E-state index contributed by atoms with van der Waals surface area (Å²) in [5.41, 5.74) is 0.00112. The number of ether oxygens (including phenoxy) is 1. The molecule has 1 aromatic rings. The normalized spacial score (nSPS) is 10.9. The zero-order valence-electron chi connectivity index (χ0n) is 13.2. The first-order valence-electron chi connectivity index (χ1n) is 7.25. The highest BCUT2D eigenvalue weighted by Gasteiger charge is 2.15. The molecule has 0 aliphatic rings. The third kappa shape index (κ3) is 7.61. The van der Waals surface area contributed by atoms with E-state index in [4.69, 9.17) is 4.74 Å². The van der Waals surface area contributed by atoms with Crippen LogP contribution in [-0.4, -0.2) is 30.7 Å². The first-order valence-corrected chi connectivity index (χ1v) is 7.25. The van der Waals surface area contributed by atoms with E-state index >= 15 is 0 Å². The smallest absolute Gasteiger partial charge is 0.407 e. The van der Waals surface area contributed by atoms with Gasteiger partial charge in [-0.05, 0) is 38.8 Å². The van der Waals surface area contributed by atoms with E-state index in [-0.39, 0.29) is 24.7 Å². The molecule has 0 saturated carbocycles. The van der Waals surface area contributed by atoms with Gasteiger partial charge in [0.05, 0.1) is 0 Å². The van der Waals surface area contributed by atoms with E-state index < -0.39 is 11.7 Å². The minimum Gasteiger partial charge on any atom is -0.444 e. The van der Waals surface area contributed by atoms with E-state index in [9.17, 15) is 14.0 Å². The van der Waals surface area contributed by atoms with E-state index in [0.29, 0.717) is 18.5 Å². The zero-order valence-corrected chi connectivity index (χ0v) is 13.2. The minimum atomic E-state index is -0.563. The van der Waals surface area contributed by atoms with Gasteiger partial charge >= 0.3 is 6.09 Å². The number of alkyl carbamates (subject to hydrolysis) is 1. The molecule has 0 aromatic heterocycles. The summed E-state index contributed by atoms with van der Waals surface area (Å²) in [6.45, 7) is 5.85. The summed E-state index contributed by atoms with van der Waals surface area (Å²) < 4.78 is 18.4. The van der Waals surface area contributed by atoms with Crippen molar-refractivity contribution in [2.45, 2.75) is 39.2 Å². The first kappa shape index (κ1) is 17.9. The molecule has 6 heteroatoms. The van der Waals surface area contributed by atoms with E-state index in [1.807, 2.05) is 0 Å². The van der Waals surface area contributed by atoms with Crippen LogP contribution >= 0.6 is 0 Å². The molecule has 5 nitrogen and oxygen atoms in total. The second-order valence-corrected chi connectivity index (χ2v) is 5.87.